The quantitative estimate of drug-likeness (QED) is 0.367. The summed E-state index contributed by atoms with van der Waals surface area (Å²) < 4.78 is 28.7. The number of aromatic nitrogens is 3. The molecule has 0 spiro atoms. The lowest BCUT2D eigenvalue weighted by Crippen LogP contribution is -2.00. The molecule has 3 aromatic carbocycles. The molecule has 0 bridgehead atoms. The first-order chi connectivity index (χ1) is 13.6. The van der Waals surface area contributed by atoms with Crippen molar-refractivity contribution in [2.45, 2.75) is 10.9 Å². The van der Waals surface area contributed by atoms with Crippen molar-refractivity contribution >= 4 is 23.4 Å². The largest absolute Gasteiger partial charge is 0.270 e. The SMILES string of the molecule is Fc1ccc(-n2c(SCc3cccc(F)c3)nnc2-c2ccc(Cl)cc2)cc1. The first kappa shape index (κ1) is 18.7. The van der Waals surface area contributed by atoms with Gasteiger partial charge >= 0.3 is 0 Å². The predicted octanol–water partition coefficient (Wildman–Crippen LogP) is 6.16. The van der Waals surface area contributed by atoms with Crippen molar-refractivity contribution in [2.75, 3.05) is 0 Å². The van der Waals surface area contributed by atoms with Crippen LogP contribution in [0, 0.1) is 11.6 Å². The van der Waals surface area contributed by atoms with Gasteiger partial charge in [-0.2, -0.15) is 0 Å². The van der Waals surface area contributed by atoms with E-state index in [2.05, 4.69) is 10.2 Å². The van der Waals surface area contributed by atoms with Gasteiger partial charge in [-0.1, -0.05) is 35.5 Å². The molecule has 3 nitrogen and oxygen atoms in total. The van der Waals surface area contributed by atoms with Crippen molar-refractivity contribution in [1.29, 1.82) is 0 Å². The molecule has 1 heterocycles. The summed E-state index contributed by atoms with van der Waals surface area (Å²) in [5, 5.41) is 9.88. The Kier molecular flexibility index (Phi) is 5.41. The van der Waals surface area contributed by atoms with Gasteiger partial charge in [-0.25, -0.2) is 8.78 Å². The minimum atomic E-state index is -0.321. The highest BCUT2D eigenvalue weighted by Gasteiger charge is 2.16. The van der Waals surface area contributed by atoms with Crippen molar-refractivity contribution in [2.24, 2.45) is 0 Å². The predicted molar refractivity (Wildman–Crippen MR) is 108 cm³/mol. The van der Waals surface area contributed by atoms with Crippen molar-refractivity contribution in [3.63, 3.8) is 0 Å². The minimum absolute atomic E-state index is 0.278. The monoisotopic (exact) mass is 413 g/mol. The molecule has 4 rings (SSSR count). The third kappa shape index (κ3) is 4.08. The van der Waals surface area contributed by atoms with E-state index in [-0.39, 0.29) is 11.6 Å². The van der Waals surface area contributed by atoms with Crippen LogP contribution < -0.4 is 0 Å². The van der Waals surface area contributed by atoms with E-state index < -0.39 is 0 Å². The topological polar surface area (TPSA) is 30.7 Å². The molecule has 0 amide bonds. The Morgan fingerprint density at radius 2 is 1.61 bits per heavy atom. The highest BCUT2D eigenvalue weighted by molar-refractivity contribution is 7.98. The van der Waals surface area contributed by atoms with E-state index in [1.165, 1.54) is 36.0 Å². The van der Waals surface area contributed by atoms with Crippen molar-refractivity contribution in [1.82, 2.24) is 14.8 Å². The summed E-state index contributed by atoms with van der Waals surface area (Å²) in [6.07, 6.45) is 0. The van der Waals surface area contributed by atoms with Crippen LogP contribution in [-0.2, 0) is 5.75 Å². The molecular formula is C21H14ClF2N3S. The number of hydrogen-bond acceptors (Lipinski definition) is 3. The summed E-state index contributed by atoms with van der Waals surface area (Å²) in [4.78, 5) is 0. The Labute approximate surface area is 170 Å². The molecule has 140 valence electrons. The maximum atomic E-state index is 13.4. The van der Waals surface area contributed by atoms with Crippen LogP contribution in [0.25, 0.3) is 17.1 Å². The second-order valence-corrected chi connectivity index (χ2v) is 7.42. The first-order valence-electron chi connectivity index (χ1n) is 8.45. The van der Waals surface area contributed by atoms with Gasteiger partial charge < -0.3 is 0 Å². The zero-order chi connectivity index (χ0) is 19.5. The maximum Gasteiger partial charge on any atom is 0.196 e. The number of thioether (sulfide) groups is 1. The maximum absolute atomic E-state index is 13.4. The summed E-state index contributed by atoms with van der Waals surface area (Å²) in [5.74, 6) is 0.543. The van der Waals surface area contributed by atoms with E-state index in [9.17, 15) is 8.78 Å². The van der Waals surface area contributed by atoms with E-state index in [0.29, 0.717) is 21.8 Å². The molecule has 0 N–H and O–H groups in total. The van der Waals surface area contributed by atoms with Crippen LogP contribution in [0.1, 0.15) is 5.56 Å². The van der Waals surface area contributed by atoms with Gasteiger partial charge in [0.2, 0.25) is 0 Å². The number of benzene rings is 3. The number of rotatable bonds is 5. The van der Waals surface area contributed by atoms with E-state index in [1.54, 1.807) is 30.3 Å². The third-order valence-corrected chi connectivity index (χ3v) is 5.33. The van der Waals surface area contributed by atoms with Gasteiger partial charge in [0, 0.05) is 22.0 Å². The van der Waals surface area contributed by atoms with Crippen LogP contribution in [0.5, 0.6) is 0 Å². The molecule has 1 aromatic heterocycles. The molecular weight excluding hydrogens is 400 g/mol. The van der Waals surface area contributed by atoms with Crippen LogP contribution in [0.15, 0.2) is 78.0 Å². The normalized spacial score (nSPS) is 11.0. The lowest BCUT2D eigenvalue weighted by atomic mass is 10.2. The molecule has 28 heavy (non-hydrogen) atoms. The third-order valence-electron chi connectivity index (χ3n) is 4.08. The zero-order valence-corrected chi connectivity index (χ0v) is 16.1. The smallest absolute Gasteiger partial charge is 0.196 e. The van der Waals surface area contributed by atoms with Crippen molar-refractivity contribution < 1.29 is 8.78 Å². The highest BCUT2D eigenvalue weighted by Crippen LogP contribution is 2.30. The van der Waals surface area contributed by atoms with Gasteiger partial charge in [0.1, 0.15) is 11.6 Å². The number of hydrogen-bond donors (Lipinski definition) is 0. The van der Waals surface area contributed by atoms with Gasteiger partial charge in [0.05, 0.1) is 0 Å². The summed E-state index contributed by atoms with van der Waals surface area (Å²) in [5.41, 5.74) is 2.41. The molecule has 0 atom stereocenters. The van der Waals surface area contributed by atoms with Gasteiger partial charge in [0.25, 0.3) is 0 Å². The Morgan fingerprint density at radius 3 is 2.32 bits per heavy atom. The van der Waals surface area contributed by atoms with Crippen LogP contribution in [0.4, 0.5) is 8.78 Å². The molecule has 0 unspecified atom stereocenters. The van der Waals surface area contributed by atoms with Crippen LogP contribution >= 0.6 is 23.4 Å². The molecule has 0 aliphatic rings. The van der Waals surface area contributed by atoms with E-state index >= 15 is 0 Å². The first-order valence-corrected chi connectivity index (χ1v) is 9.81. The lowest BCUT2D eigenvalue weighted by molar-refractivity contribution is 0.626. The average Bonchev–Trinajstić information content (AvgIpc) is 3.11. The Hall–Kier alpha value is -2.70. The van der Waals surface area contributed by atoms with Gasteiger partial charge in [-0.3, -0.25) is 4.57 Å². The second-order valence-electron chi connectivity index (χ2n) is 6.04. The molecule has 4 aromatic rings. The van der Waals surface area contributed by atoms with E-state index in [1.807, 2.05) is 22.8 Å². The van der Waals surface area contributed by atoms with Gasteiger partial charge in [-0.05, 0) is 66.2 Å². The fourth-order valence-electron chi connectivity index (χ4n) is 2.75. The Morgan fingerprint density at radius 1 is 0.857 bits per heavy atom. The zero-order valence-electron chi connectivity index (χ0n) is 14.5. The average molecular weight is 414 g/mol. The fraction of sp³-hybridized carbons (Fsp3) is 0.0476. The molecule has 0 aliphatic heterocycles. The molecule has 0 saturated heterocycles. The van der Waals surface area contributed by atoms with E-state index in [4.69, 9.17) is 11.6 Å². The fourth-order valence-corrected chi connectivity index (χ4v) is 3.77. The summed E-state index contributed by atoms with van der Waals surface area (Å²) >= 11 is 7.42. The van der Waals surface area contributed by atoms with Crippen LogP contribution in [0.2, 0.25) is 5.02 Å². The lowest BCUT2D eigenvalue weighted by Gasteiger charge is -2.10. The second kappa shape index (κ2) is 8.12. The van der Waals surface area contributed by atoms with Crippen LogP contribution in [0.3, 0.4) is 0 Å². The summed E-state index contributed by atoms with van der Waals surface area (Å²) in [6, 6.07) is 19.8. The molecule has 0 fully saturated rings. The Balaban J connectivity index is 1.73. The Bertz CT molecular complexity index is 1100. The van der Waals surface area contributed by atoms with Crippen LogP contribution in [-0.4, -0.2) is 14.8 Å². The minimum Gasteiger partial charge on any atom is -0.270 e. The number of nitrogens with zero attached hydrogens (tertiary/aromatic N) is 3. The highest BCUT2D eigenvalue weighted by atomic mass is 35.5. The van der Waals surface area contributed by atoms with Crippen molar-refractivity contribution in [3.8, 4) is 17.1 Å². The van der Waals surface area contributed by atoms with E-state index in [0.717, 1.165) is 16.8 Å². The number of halogens is 3. The summed E-state index contributed by atoms with van der Waals surface area (Å²) in [7, 11) is 0. The molecule has 0 aliphatic carbocycles. The van der Waals surface area contributed by atoms with Crippen molar-refractivity contribution in [3.05, 3.63) is 95.0 Å². The van der Waals surface area contributed by atoms with Gasteiger partial charge in [0.15, 0.2) is 11.0 Å². The molecule has 7 heteroatoms. The summed E-state index contributed by atoms with van der Waals surface area (Å²) in [6.45, 7) is 0. The molecule has 0 saturated carbocycles. The molecule has 0 radical (unpaired) electrons. The standard InChI is InChI=1S/C21H14ClF2N3S/c22-16-6-4-15(5-7-16)20-25-26-21(27(20)19-10-8-17(23)9-11-19)28-13-14-2-1-3-18(24)12-14/h1-12H,13H2. The van der Waals surface area contributed by atoms with Gasteiger partial charge in [-0.15, -0.1) is 10.2 Å².